The molecule has 2 nitrogen and oxygen atoms in total. The predicted octanol–water partition coefficient (Wildman–Crippen LogP) is 3.05. The third-order valence-corrected chi connectivity index (χ3v) is 2.16. The molecule has 0 aromatic carbocycles. The number of alkyl halides is 3. The highest BCUT2D eigenvalue weighted by atomic mass is 19.4. The lowest BCUT2D eigenvalue weighted by molar-refractivity contribution is -0.141. The normalized spacial score (nSPS) is 14.2. The van der Waals surface area contributed by atoms with Crippen LogP contribution in [0.2, 0.25) is 0 Å². The molecule has 0 spiro atoms. The van der Waals surface area contributed by atoms with Crippen molar-refractivity contribution in [1.82, 2.24) is 5.32 Å². The first-order valence-corrected chi connectivity index (χ1v) is 4.79. The molecule has 86 valence electrons. The van der Waals surface area contributed by atoms with E-state index >= 15 is 0 Å². The Bertz CT molecular complexity index is 306. The van der Waals surface area contributed by atoms with Crippen molar-refractivity contribution in [3.8, 4) is 0 Å². The van der Waals surface area contributed by atoms with Gasteiger partial charge in [0.05, 0.1) is 12.5 Å². The fourth-order valence-corrected chi connectivity index (χ4v) is 1.35. The number of halogens is 3. The topological polar surface area (TPSA) is 25.2 Å². The summed E-state index contributed by atoms with van der Waals surface area (Å²) in [6.07, 6.45) is -4.42. The third-order valence-electron chi connectivity index (χ3n) is 2.16. The minimum atomic E-state index is -4.19. The monoisotopic (exact) mass is 221 g/mol. The zero-order valence-corrected chi connectivity index (χ0v) is 8.69. The molecule has 1 N–H and O–H groups in total. The number of aryl methyl sites for hydroxylation is 1. The Hall–Kier alpha value is -0.970. The summed E-state index contributed by atoms with van der Waals surface area (Å²) in [5.74, 6) is 1.04. The maximum Gasteiger partial charge on any atom is 0.391 e. The molecule has 0 saturated carbocycles. The molecule has 5 heteroatoms. The molecule has 0 aliphatic heterocycles. The lowest BCUT2D eigenvalue weighted by atomic mass is 10.1. The minimum Gasteiger partial charge on any atom is -0.464 e. The zero-order chi connectivity index (χ0) is 11.5. The lowest BCUT2D eigenvalue weighted by Gasteiger charge is -2.15. The molecular formula is C10H14F3NO. The van der Waals surface area contributed by atoms with Gasteiger partial charge in [-0.1, -0.05) is 6.92 Å². The molecule has 0 aliphatic carbocycles. The second kappa shape index (κ2) is 4.70. The zero-order valence-electron chi connectivity index (χ0n) is 8.69. The summed E-state index contributed by atoms with van der Waals surface area (Å²) in [6, 6.07) is 2.49. The van der Waals surface area contributed by atoms with Gasteiger partial charge >= 0.3 is 6.18 Å². The van der Waals surface area contributed by atoms with Gasteiger partial charge in [-0.15, -0.1) is 0 Å². The van der Waals surface area contributed by atoms with E-state index in [1.165, 1.54) is 7.05 Å². The van der Waals surface area contributed by atoms with Crippen LogP contribution in [0, 0.1) is 0 Å². The average Bonchev–Trinajstić information content (AvgIpc) is 2.60. The van der Waals surface area contributed by atoms with Crippen LogP contribution in [0.3, 0.4) is 0 Å². The van der Waals surface area contributed by atoms with E-state index in [9.17, 15) is 13.2 Å². The van der Waals surface area contributed by atoms with Gasteiger partial charge < -0.3 is 9.73 Å². The van der Waals surface area contributed by atoms with Crippen LogP contribution in [0.1, 0.15) is 30.9 Å². The third kappa shape index (κ3) is 3.58. The molecule has 0 fully saturated rings. The number of nitrogens with one attached hydrogen (secondary N) is 1. The van der Waals surface area contributed by atoms with Crippen molar-refractivity contribution in [2.75, 3.05) is 7.05 Å². The molecule has 0 amide bonds. The maximum atomic E-state index is 12.2. The van der Waals surface area contributed by atoms with Crippen LogP contribution in [0.15, 0.2) is 16.5 Å². The summed E-state index contributed by atoms with van der Waals surface area (Å²) in [5.41, 5.74) is 0. The van der Waals surface area contributed by atoms with E-state index in [1.807, 2.05) is 6.92 Å². The summed E-state index contributed by atoms with van der Waals surface area (Å²) in [6.45, 7) is 1.89. The van der Waals surface area contributed by atoms with Crippen LogP contribution in [-0.2, 0) is 6.42 Å². The highest BCUT2D eigenvalue weighted by Crippen LogP contribution is 2.30. The number of hydrogen-bond acceptors (Lipinski definition) is 2. The van der Waals surface area contributed by atoms with E-state index in [4.69, 9.17) is 4.42 Å². The molecule has 0 aliphatic rings. The molecule has 0 saturated heterocycles. The van der Waals surface area contributed by atoms with Crippen LogP contribution < -0.4 is 5.32 Å². The van der Waals surface area contributed by atoms with Gasteiger partial charge in [-0.05, 0) is 19.2 Å². The highest BCUT2D eigenvalue weighted by molar-refractivity contribution is 5.11. The Kier molecular flexibility index (Phi) is 3.79. The number of furan rings is 1. The van der Waals surface area contributed by atoms with Gasteiger partial charge in [0.15, 0.2) is 0 Å². The fourth-order valence-electron chi connectivity index (χ4n) is 1.35. The Balaban J connectivity index is 2.74. The van der Waals surface area contributed by atoms with Crippen molar-refractivity contribution in [3.63, 3.8) is 0 Å². The van der Waals surface area contributed by atoms with Crippen LogP contribution in [-0.4, -0.2) is 13.2 Å². The van der Waals surface area contributed by atoms with Gasteiger partial charge in [0.25, 0.3) is 0 Å². The second-order valence-corrected chi connectivity index (χ2v) is 3.32. The van der Waals surface area contributed by atoms with E-state index in [2.05, 4.69) is 5.32 Å². The molecule has 1 unspecified atom stereocenters. The Morgan fingerprint density at radius 2 is 2.07 bits per heavy atom. The van der Waals surface area contributed by atoms with Crippen molar-refractivity contribution < 1.29 is 17.6 Å². The van der Waals surface area contributed by atoms with Gasteiger partial charge in [0, 0.05) is 6.42 Å². The van der Waals surface area contributed by atoms with Gasteiger partial charge in [0.2, 0.25) is 0 Å². The van der Waals surface area contributed by atoms with E-state index in [-0.39, 0.29) is 0 Å². The summed E-state index contributed by atoms with van der Waals surface area (Å²) in [4.78, 5) is 0. The first-order chi connectivity index (χ1) is 6.96. The van der Waals surface area contributed by atoms with Crippen LogP contribution in [0.25, 0.3) is 0 Å². The molecule has 0 radical (unpaired) electrons. The molecule has 1 heterocycles. The van der Waals surface area contributed by atoms with E-state index in [0.717, 1.165) is 0 Å². The first-order valence-electron chi connectivity index (χ1n) is 4.79. The Morgan fingerprint density at radius 3 is 2.47 bits per heavy atom. The molecule has 1 atom stereocenters. The lowest BCUT2D eigenvalue weighted by Crippen LogP contribution is -2.23. The fraction of sp³-hybridized carbons (Fsp3) is 0.600. The van der Waals surface area contributed by atoms with Crippen molar-refractivity contribution in [2.24, 2.45) is 0 Å². The minimum absolute atomic E-state index is 0.340. The molecule has 15 heavy (non-hydrogen) atoms. The maximum absolute atomic E-state index is 12.2. The molecule has 1 rings (SSSR count). The van der Waals surface area contributed by atoms with Crippen molar-refractivity contribution >= 4 is 0 Å². The standard InChI is InChI=1S/C10H14F3NO/c1-3-7-4-5-9(15-7)8(14-2)6-10(11,12)13/h4-5,8,14H,3,6H2,1-2H3. The number of hydrogen-bond donors (Lipinski definition) is 1. The SMILES string of the molecule is CCc1ccc(C(CC(F)(F)F)NC)o1. The van der Waals surface area contributed by atoms with Gasteiger partial charge in [-0.2, -0.15) is 13.2 Å². The van der Waals surface area contributed by atoms with Crippen molar-refractivity contribution in [3.05, 3.63) is 23.7 Å². The molecular weight excluding hydrogens is 207 g/mol. The Labute approximate surface area is 86.5 Å². The first kappa shape index (κ1) is 12.1. The second-order valence-electron chi connectivity index (χ2n) is 3.32. The smallest absolute Gasteiger partial charge is 0.391 e. The summed E-state index contributed by atoms with van der Waals surface area (Å²) >= 11 is 0. The largest absolute Gasteiger partial charge is 0.464 e. The van der Waals surface area contributed by atoms with Crippen LogP contribution in [0.4, 0.5) is 13.2 Å². The van der Waals surface area contributed by atoms with Crippen LogP contribution >= 0.6 is 0 Å². The highest BCUT2D eigenvalue weighted by Gasteiger charge is 2.33. The van der Waals surface area contributed by atoms with E-state index in [1.54, 1.807) is 12.1 Å². The van der Waals surface area contributed by atoms with Crippen molar-refractivity contribution in [1.29, 1.82) is 0 Å². The quantitative estimate of drug-likeness (QED) is 0.845. The van der Waals surface area contributed by atoms with Crippen molar-refractivity contribution in [2.45, 2.75) is 32.0 Å². The van der Waals surface area contributed by atoms with Crippen LogP contribution in [0.5, 0.6) is 0 Å². The molecule has 0 bridgehead atoms. The van der Waals surface area contributed by atoms with Gasteiger partial charge in [-0.25, -0.2) is 0 Å². The van der Waals surface area contributed by atoms with Gasteiger partial charge in [0.1, 0.15) is 11.5 Å². The Morgan fingerprint density at radius 1 is 1.40 bits per heavy atom. The summed E-state index contributed by atoms with van der Waals surface area (Å²) < 4.78 is 41.8. The van der Waals surface area contributed by atoms with Gasteiger partial charge in [-0.3, -0.25) is 0 Å². The summed E-state index contributed by atoms with van der Waals surface area (Å²) in [7, 11) is 1.49. The molecule has 1 aromatic heterocycles. The molecule has 1 aromatic rings. The van der Waals surface area contributed by atoms with E-state index < -0.39 is 18.6 Å². The average molecular weight is 221 g/mol. The summed E-state index contributed by atoms with van der Waals surface area (Å²) in [5, 5.41) is 2.60. The predicted molar refractivity (Wildman–Crippen MR) is 50.6 cm³/mol. The van der Waals surface area contributed by atoms with E-state index in [0.29, 0.717) is 17.9 Å². The number of rotatable bonds is 4.